The molecule has 1 aliphatic heterocycles. The highest BCUT2D eigenvalue weighted by molar-refractivity contribution is 4.74. The number of aliphatic hydroxyl groups excluding tert-OH is 3. The molecule has 0 radical (unpaired) electrons. The van der Waals surface area contributed by atoms with Gasteiger partial charge >= 0.3 is 0 Å². The number of rotatable bonds is 1. The van der Waals surface area contributed by atoms with Gasteiger partial charge in [0.15, 0.2) is 6.29 Å². The molecule has 3 atom stereocenters. The monoisotopic (exact) mass is 134 g/mol. The van der Waals surface area contributed by atoms with Crippen LogP contribution in [-0.4, -0.2) is 40.4 Å². The van der Waals surface area contributed by atoms with Gasteiger partial charge in [0, 0.05) is 6.42 Å². The van der Waals surface area contributed by atoms with Crippen LogP contribution < -0.4 is 0 Å². The van der Waals surface area contributed by atoms with Crippen LogP contribution in [0, 0.1) is 0 Å². The van der Waals surface area contributed by atoms with Crippen LogP contribution in [0.5, 0.6) is 0 Å². The highest BCUT2D eigenvalue weighted by atomic mass is 16.6. The highest BCUT2D eigenvalue weighted by Gasteiger charge is 2.31. The Balaban J connectivity index is 2.35. The highest BCUT2D eigenvalue weighted by Crippen LogP contribution is 2.17. The quantitative estimate of drug-likeness (QED) is 0.406. The van der Waals surface area contributed by atoms with Crippen LogP contribution in [-0.2, 0) is 4.74 Å². The van der Waals surface area contributed by atoms with Gasteiger partial charge in [-0.2, -0.15) is 0 Å². The fourth-order valence-electron chi connectivity index (χ4n) is 0.847. The molecule has 0 saturated carbocycles. The van der Waals surface area contributed by atoms with Crippen molar-refractivity contribution in [2.75, 3.05) is 6.61 Å². The molecule has 1 fully saturated rings. The second-order valence-electron chi connectivity index (χ2n) is 2.13. The summed E-state index contributed by atoms with van der Waals surface area (Å²) >= 11 is 0. The Labute approximate surface area is 52.7 Å². The van der Waals surface area contributed by atoms with E-state index < -0.39 is 18.5 Å². The standard InChI is InChI=1S/C5H10O4/c6-2-3-1-4(7)5(8)9-3/h3-8H,1-2H2/t3-,4+,5-/m0/s1. The van der Waals surface area contributed by atoms with Crippen molar-refractivity contribution in [1.29, 1.82) is 0 Å². The molecule has 0 unspecified atom stereocenters. The molecule has 0 aromatic carbocycles. The van der Waals surface area contributed by atoms with Crippen LogP contribution >= 0.6 is 0 Å². The number of aliphatic hydroxyl groups is 3. The Bertz CT molecular complexity index is 85.0. The molecule has 1 saturated heterocycles. The molecular weight excluding hydrogens is 124 g/mol. The van der Waals surface area contributed by atoms with Crippen LogP contribution in [0.4, 0.5) is 0 Å². The molecule has 1 heterocycles. The number of hydrogen-bond acceptors (Lipinski definition) is 4. The van der Waals surface area contributed by atoms with Crippen molar-refractivity contribution in [3.63, 3.8) is 0 Å². The Morgan fingerprint density at radius 1 is 1.44 bits per heavy atom. The molecule has 4 nitrogen and oxygen atoms in total. The zero-order valence-corrected chi connectivity index (χ0v) is 4.90. The van der Waals surface area contributed by atoms with Crippen molar-refractivity contribution < 1.29 is 20.1 Å². The Morgan fingerprint density at radius 3 is 2.33 bits per heavy atom. The summed E-state index contributed by atoms with van der Waals surface area (Å²) in [5, 5.41) is 26.0. The molecule has 1 rings (SSSR count). The Hall–Kier alpha value is -0.160. The van der Waals surface area contributed by atoms with Gasteiger partial charge in [-0.25, -0.2) is 0 Å². The van der Waals surface area contributed by atoms with E-state index in [-0.39, 0.29) is 6.61 Å². The van der Waals surface area contributed by atoms with Gasteiger partial charge in [-0.15, -0.1) is 0 Å². The number of hydrogen-bond donors (Lipinski definition) is 3. The van der Waals surface area contributed by atoms with Crippen LogP contribution in [0.3, 0.4) is 0 Å². The predicted molar refractivity (Wildman–Crippen MR) is 28.6 cm³/mol. The van der Waals surface area contributed by atoms with E-state index in [1.807, 2.05) is 0 Å². The van der Waals surface area contributed by atoms with Crippen molar-refractivity contribution in [2.45, 2.75) is 24.9 Å². The van der Waals surface area contributed by atoms with Crippen LogP contribution in [0.15, 0.2) is 0 Å². The van der Waals surface area contributed by atoms with Crippen molar-refractivity contribution in [1.82, 2.24) is 0 Å². The van der Waals surface area contributed by atoms with Crippen molar-refractivity contribution >= 4 is 0 Å². The van der Waals surface area contributed by atoms with E-state index in [0.717, 1.165) is 0 Å². The third-order valence-corrected chi connectivity index (χ3v) is 1.37. The fraction of sp³-hybridized carbons (Fsp3) is 1.00. The molecular formula is C5H10O4. The summed E-state index contributed by atoms with van der Waals surface area (Å²) < 4.78 is 4.68. The maximum Gasteiger partial charge on any atom is 0.181 e. The summed E-state index contributed by atoms with van der Waals surface area (Å²) in [6, 6.07) is 0. The molecule has 0 aromatic rings. The van der Waals surface area contributed by atoms with E-state index >= 15 is 0 Å². The molecule has 3 N–H and O–H groups in total. The van der Waals surface area contributed by atoms with Gasteiger partial charge in [-0.3, -0.25) is 0 Å². The van der Waals surface area contributed by atoms with E-state index in [1.165, 1.54) is 0 Å². The normalized spacial score (nSPS) is 43.7. The molecule has 9 heavy (non-hydrogen) atoms. The summed E-state index contributed by atoms with van der Waals surface area (Å²) in [5.41, 5.74) is 0. The summed E-state index contributed by atoms with van der Waals surface area (Å²) in [4.78, 5) is 0. The molecule has 0 spiro atoms. The lowest BCUT2D eigenvalue weighted by atomic mass is 10.2. The average Bonchev–Trinajstić information content (AvgIpc) is 2.13. The van der Waals surface area contributed by atoms with Gasteiger partial charge in [-0.1, -0.05) is 0 Å². The second-order valence-corrected chi connectivity index (χ2v) is 2.13. The Kier molecular flexibility index (Phi) is 2.02. The first kappa shape index (κ1) is 6.95. The van der Waals surface area contributed by atoms with Gasteiger partial charge in [0.2, 0.25) is 0 Å². The summed E-state index contributed by atoms with van der Waals surface area (Å²) in [5.74, 6) is 0. The first-order valence-electron chi connectivity index (χ1n) is 2.86. The zero-order valence-electron chi connectivity index (χ0n) is 4.90. The van der Waals surface area contributed by atoms with Crippen molar-refractivity contribution in [2.24, 2.45) is 0 Å². The minimum Gasteiger partial charge on any atom is -0.394 e. The summed E-state index contributed by atoms with van der Waals surface area (Å²) in [7, 11) is 0. The van der Waals surface area contributed by atoms with E-state index in [9.17, 15) is 0 Å². The minimum atomic E-state index is -1.11. The molecule has 0 aromatic heterocycles. The fourth-order valence-corrected chi connectivity index (χ4v) is 0.847. The largest absolute Gasteiger partial charge is 0.394 e. The van der Waals surface area contributed by atoms with Gasteiger partial charge in [0.05, 0.1) is 12.7 Å². The minimum absolute atomic E-state index is 0.145. The molecule has 1 aliphatic rings. The van der Waals surface area contributed by atoms with E-state index in [1.54, 1.807) is 0 Å². The Morgan fingerprint density at radius 2 is 2.11 bits per heavy atom. The van der Waals surface area contributed by atoms with Crippen molar-refractivity contribution in [3.05, 3.63) is 0 Å². The first-order chi connectivity index (χ1) is 4.24. The van der Waals surface area contributed by atoms with Gasteiger partial charge in [-0.05, 0) is 0 Å². The van der Waals surface area contributed by atoms with E-state index in [4.69, 9.17) is 15.3 Å². The predicted octanol–water partition coefficient (Wildman–Crippen LogP) is -1.55. The second kappa shape index (κ2) is 2.62. The first-order valence-corrected chi connectivity index (χ1v) is 2.86. The maximum atomic E-state index is 8.81. The van der Waals surface area contributed by atoms with Gasteiger partial charge < -0.3 is 20.1 Å². The molecule has 0 aliphatic carbocycles. The number of ether oxygens (including phenoxy) is 1. The van der Waals surface area contributed by atoms with Gasteiger partial charge in [0.1, 0.15) is 6.10 Å². The topological polar surface area (TPSA) is 69.9 Å². The maximum absolute atomic E-state index is 8.81. The molecule has 0 amide bonds. The lowest BCUT2D eigenvalue weighted by molar-refractivity contribution is -0.132. The average molecular weight is 134 g/mol. The molecule has 54 valence electrons. The lowest BCUT2D eigenvalue weighted by Gasteiger charge is -2.04. The third kappa shape index (κ3) is 1.40. The van der Waals surface area contributed by atoms with Crippen molar-refractivity contribution in [3.8, 4) is 0 Å². The van der Waals surface area contributed by atoms with E-state index in [0.29, 0.717) is 6.42 Å². The van der Waals surface area contributed by atoms with E-state index in [2.05, 4.69) is 4.74 Å². The van der Waals surface area contributed by atoms with Crippen LogP contribution in [0.2, 0.25) is 0 Å². The lowest BCUT2D eigenvalue weighted by Crippen LogP contribution is -2.19. The van der Waals surface area contributed by atoms with Crippen LogP contribution in [0.25, 0.3) is 0 Å². The summed E-state index contributed by atoms with van der Waals surface area (Å²) in [6.07, 6.45) is -2.02. The zero-order chi connectivity index (χ0) is 6.85. The molecule has 0 bridgehead atoms. The summed E-state index contributed by atoms with van der Waals surface area (Å²) in [6.45, 7) is -0.145. The SMILES string of the molecule is OC[C@@H]1C[C@@H](O)[C@@H](O)O1. The smallest absolute Gasteiger partial charge is 0.181 e. The molecule has 4 heteroatoms. The van der Waals surface area contributed by atoms with Crippen LogP contribution in [0.1, 0.15) is 6.42 Å². The third-order valence-electron chi connectivity index (χ3n) is 1.37. The van der Waals surface area contributed by atoms with Gasteiger partial charge in [0.25, 0.3) is 0 Å².